The van der Waals surface area contributed by atoms with Gasteiger partial charge in [-0.2, -0.15) is 0 Å². The maximum atomic E-state index is 12.6. The van der Waals surface area contributed by atoms with Gasteiger partial charge in [0.15, 0.2) is 18.0 Å². The van der Waals surface area contributed by atoms with E-state index in [9.17, 15) is 9.59 Å². The Labute approximate surface area is 172 Å². The number of Topliss-reactive ketones (excluding diaryl/α,β-unsaturated/α-hetero) is 1. The van der Waals surface area contributed by atoms with Crippen LogP contribution in [0, 0.1) is 13.8 Å². The molecule has 0 aliphatic rings. The molecule has 0 saturated carbocycles. The maximum absolute atomic E-state index is 12.6. The number of ketones is 1. The molecule has 0 spiro atoms. The second-order valence-electron chi connectivity index (χ2n) is 7.15. The third-order valence-electron chi connectivity index (χ3n) is 4.83. The van der Waals surface area contributed by atoms with Crippen molar-refractivity contribution in [3.63, 3.8) is 0 Å². The van der Waals surface area contributed by atoms with Crippen LogP contribution in [-0.2, 0) is 11.8 Å². The van der Waals surface area contributed by atoms with Gasteiger partial charge in [-0.1, -0.05) is 0 Å². The topological polar surface area (TPSA) is 74.0 Å². The summed E-state index contributed by atoms with van der Waals surface area (Å²) in [5.74, 6) is 1.12. The van der Waals surface area contributed by atoms with Crippen molar-refractivity contribution in [3.05, 3.63) is 41.2 Å². The normalized spacial score (nSPS) is 11.8. The Bertz CT molecular complexity index is 873. The Kier molecular flexibility index (Phi) is 7.84. The molecular formula is C22H32N3O4+. The van der Waals surface area contributed by atoms with Crippen molar-refractivity contribution in [2.45, 2.75) is 27.7 Å². The highest BCUT2D eigenvalue weighted by Crippen LogP contribution is 2.30. The first-order valence-corrected chi connectivity index (χ1v) is 9.93. The highest BCUT2D eigenvalue weighted by molar-refractivity contribution is 5.98. The number of carbonyl (C=O) groups is 2. The zero-order valence-electron chi connectivity index (χ0n) is 18.2. The molecule has 1 amide bonds. The Morgan fingerprint density at radius 3 is 2.28 bits per heavy atom. The largest absolute Gasteiger partial charge is 0.490 e. The molecule has 0 saturated heterocycles. The Morgan fingerprint density at radius 1 is 1.03 bits per heavy atom. The van der Waals surface area contributed by atoms with Gasteiger partial charge in [0, 0.05) is 35.8 Å². The molecular weight excluding hydrogens is 370 g/mol. The lowest BCUT2D eigenvalue weighted by Gasteiger charge is -2.15. The molecule has 2 N–H and O–H groups in total. The van der Waals surface area contributed by atoms with Crippen molar-refractivity contribution < 1.29 is 24.0 Å². The number of nitrogens with zero attached hydrogens (tertiary/aromatic N) is 1. The van der Waals surface area contributed by atoms with E-state index in [4.69, 9.17) is 9.47 Å². The molecule has 29 heavy (non-hydrogen) atoms. The summed E-state index contributed by atoms with van der Waals surface area (Å²) in [6.45, 7) is 9.19. The SMILES string of the molecule is CCOc1ccc(NC(=O)C[NH+](C)CC(=O)c2cc(C)n(C)c2C)cc1OCC. The van der Waals surface area contributed by atoms with E-state index in [1.807, 2.05) is 52.4 Å². The fourth-order valence-electron chi connectivity index (χ4n) is 3.18. The monoisotopic (exact) mass is 402 g/mol. The molecule has 0 radical (unpaired) electrons. The molecule has 1 atom stereocenters. The first-order valence-electron chi connectivity index (χ1n) is 9.93. The van der Waals surface area contributed by atoms with E-state index in [2.05, 4.69) is 5.32 Å². The molecule has 0 aliphatic heterocycles. The average Bonchev–Trinajstić information content (AvgIpc) is 2.91. The van der Waals surface area contributed by atoms with Crippen molar-refractivity contribution in [3.8, 4) is 11.5 Å². The molecule has 2 rings (SSSR count). The number of anilines is 1. The lowest BCUT2D eigenvalue weighted by Crippen LogP contribution is -3.11. The van der Waals surface area contributed by atoms with Gasteiger partial charge in [-0.15, -0.1) is 0 Å². The van der Waals surface area contributed by atoms with Gasteiger partial charge in [-0.3, -0.25) is 9.59 Å². The van der Waals surface area contributed by atoms with E-state index in [-0.39, 0.29) is 24.8 Å². The van der Waals surface area contributed by atoms with Crippen LogP contribution in [0.5, 0.6) is 11.5 Å². The first-order chi connectivity index (χ1) is 13.8. The van der Waals surface area contributed by atoms with Crippen LogP contribution in [-0.4, -0.2) is 49.6 Å². The summed E-state index contributed by atoms with van der Waals surface area (Å²) in [5, 5.41) is 2.87. The number of aryl methyl sites for hydroxylation is 1. The summed E-state index contributed by atoms with van der Waals surface area (Å²) >= 11 is 0. The van der Waals surface area contributed by atoms with Gasteiger partial charge in [0.25, 0.3) is 5.91 Å². The average molecular weight is 403 g/mol. The smallest absolute Gasteiger partial charge is 0.279 e. The molecule has 7 heteroatoms. The number of nitrogens with one attached hydrogen (secondary N) is 2. The van der Waals surface area contributed by atoms with Crippen molar-refractivity contribution >= 4 is 17.4 Å². The number of carbonyl (C=O) groups excluding carboxylic acids is 2. The fraction of sp³-hybridized carbons (Fsp3) is 0.455. The number of ether oxygens (including phenoxy) is 2. The minimum Gasteiger partial charge on any atom is -0.490 e. The molecule has 1 aromatic carbocycles. The molecule has 1 unspecified atom stereocenters. The molecule has 1 heterocycles. The molecule has 0 aliphatic carbocycles. The van der Waals surface area contributed by atoms with E-state index in [0.29, 0.717) is 30.4 Å². The number of amides is 1. The molecule has 1 aromatic heterocycles. The highest BCUT2D eigenvalue weighted by atomic mass is 16.5. The number of likely N-dealkylation sites (N-methyl/N-ethyl adjacent to an activating group) is 1. The van der Waals surface area contributed by atoms with Gasteiger partial charge in [0.05, 0.1) is 20.3 Å². The van der Waals surface area contributed by atoms with Gasteiger partial charge in [-0.25, -0.2) is 0 Å². The first kappa shape index (κ1) is 22.5. The zero-order chi connectivity index (χ0) is 21.6. The maximum Gasteiger partial charge on any atom is 0.279 e. The van der Waals surface area contributed by atoms with Gasteiger partial charge in [0.1, 0.15) is 6.54 Å². The van der Waals surface area contributed by atoms with Crippen LogP contribution in [0.25, 0.3) is 0 Å². The number of hydrogen-bond donors (Lipinski definition) is 2. The number of aromatic nitrogens is 1. The van der Waals surface area contributed by atoms with E-state index in [1.165, 1.54) is 0 Å². The quantitative estimate of drug-likeness (QED) is 0.594. The van der Waals surface area contributed by atoms with Gasteiger partial charge < -0.3 is 24.3 Å². The van der Waals surface area contributed by atoms with Crippen molar-refractivity contribution in [2.24, 2.45) is 7.05 Å². The molecule has 2 aromatic rings. The van der Waals surface area contributed by atoms with Crippen molar-refractivity contribution in [1.29, 1.82) is 0 Å². The standard InChI is InChI=1S/C22H31N3O4/c1-7-28-20-10-9-17(12-21(20)29-8-2)23-22(27)14-24(5)13-19(26)18-11-15(3)25(6)16(18)4/h9-12H,7-8,13-14H2,1-6H3,(H,23,27)/p+1. The summed E-state index contributed by atoms with van der Waals surface area (Å²) in [6.07, 6.45) is 0. The summed E-state index contributed by atoms with van der Waals surface area (Å²) < 4.78 is 13.1. The lowest BCUT2D eigenvalue weighted by atomic mass is 10.1. The second-order valence-corrected chi connectivity index (χ2v) is 7.15. The number of benzene rings is 1. The summed E-state index contributed by atoms with van der Waals surface area (Å²) in [6, 6.07) is 7.22. The van der Waals surface area contributed by atoms with Crippen LogP contribution in [0.4, 0.5) is 5.69 Å². The molecule has 7 nitrogen and oxygen atoms in total. The van der Waals surface area contributed by atoms with Gasteiger partial charge >= 0.3 is 0 Å². The van der Waals surface area contributed by atoms with Gasteiger partial charge in [0.2, 0.25) is 5.78 Å². The van der Waals surface area contributed by atoms with E-state index >= 15 is 0 Å². The predicted molar refractivity (Wildman–Crippen MR) is 113 cm³/mol. The van der Waals surface area contributed by atoms with Crippen molar-refractivity contribution in [2.75, 3.05) is 38.7 Å². The number of quaternary nitrogens is 1. The molecule has 0 bridgehead atoms. The van der Waals surface area contributed by atoms with E-state index < -0.39 is 0 Å². The van der Waals surface area contributed by atoms with E-state index in [1.54, 1.807) is 18.2 Å². The Balaban J connectivity index is 1.96. The summed E-state index contributed by atoms with van der Waals surface area (Å²) in [7, 11) is 3.78. The fourth-order valence-corrected chi connectivity index (χ4v) is 3.18. The third kappa shape index (κ3) is 5.84. The van der Waals surface area contributed by atoms with Crippen LogP contribution in [0.1, 0.15) is 35.6 Å². The van der Waals surface area contributed by atoms with Crippen LogP contribution in [0.3, 0.4) is 0 Å². The van der Waals surface area contributed by atoms with Crippen LogP contribution < -0.4 is 19.7 Å². The van der Waals surface area contributed by atoms with E-state index in [0.717, 1.165) is 21.9 Å². The zero-order valence-corrected chi connectivity index (χ0v) is 18.2. The van der Waals surface area contributed by atoms with Crippen LogP contribution in [0.15, 0.2) is 24.3 Å². The third-order valence-corrected chi connectivity index (χ3v) is 4.83. The molecule has 0 fully saturated rings. The number of hydrogen-bond acceptors (Lipinski definition) is 4. The Morgan fingerprint density at radius 2 is 1.69 bits per heavy atom. The summed E-state index contributed by atoms with van der Waals surface area (Å²) in [5.41, 5.74) is 3.35. The van der Waals surface area contributed by atoms with Gasteiger partial charge in [-0.05, 0) is 45.9 Å². The molecule has 158 valence electrons. The van der Waals surface area contributed by atoms with Crippen LogP contribution in [0.2, 0.25) is 0 Å². The predicted octanol–water partition coefficient (Wildman–Crippen LogP) is 1.78. The minimum absolute atomic E-state index is 0.0381. The number of rotatable bonds is 10. The Hall–Kier alpha value is -2.80. The van der Waals surface area contributed by atoms with Crippen LogP contribution >= 0.6 is 0 Å². The lowest BCUT2D eigenvalue weighted by molar-refractivity contribution is -0.861. The summed E-state index contributed by atoms with van der Waals surface area (Å²) in [4.78, 5) is 25.9. The highest BCUT2D eigenvalue weighted by Gasteiger charge is 2.20. The minimum atomic E-state index is -0.164. The van der Waals surface area contributed by atoms with Crippen molar-refractivity contribution in [1.82, 2.24) is 4.57 Å². The second kappa shape index (κ2) is 10.1.